The van der Waals surface area contributed by atoms with Crippen LogP contribution in [-0.4, -0.2) is 73.8 Å². The topological polar surface area (TPSA) is 82.3 Å². The molecule has 2 N–H and O–H groups in total. The van der Waals surface area contributed by atoms with Gasteiger partial charge in [-0.25, -0.2) is 28.1 Å². The van der Waals surface area contributed by atoms with Gasteiger partial charge in [-0.3, -0.25) is 9.80 Å². The molecule has 1 aliphatic rings. The fourth-order valence-corrected chi connectivity index (χ4v) is 5.12. The van der Waals surface area contributed by atoms with Crippen molar-refractivity contribution in [3.8, 4) is 11.3 Å². The minimum Gasteiger partial charge on any atom is -0.395 e. The number of nitrogens with zero attached hydrogens (tertiary/aromatic N) is 6. The van der Waals surface area contributed by atoms with Crippen LogP contribution in [0.15, 0.2) is 36.5 Å². The highest BCUT2D eigenvalue weighted by molar-refractivity contribution is 5.83. The highest BCUT2D eigenvalue weighted by Gasteiger charge is 2.20. The first-order valence-corrected chi connectivity index (χ1v) is 13.1. The Bertz CT molecular complexity index is 1480. The molecule has 0 spiro atoms. The van der Waals surface area contributed by atoms with Crippen LogP contribution >= 0.6 is 0 Å². The Morgan fingerprint density at radius 2 is 1.69 bits per heavy atom. The Morgan fingerprint density at radius 3 is 2.38 bits per heavy atom. The number of anilines is 2. The number of aryl methyl sites for hydroxylation is 1. The Kier molecular flexibility index (Phi) is 7.83. The summed E-state index contributed by atoms with van der Waals surface area (Å²) in [4.78, 5) is 17.0. The van der Waals surface area contributed by atoms with Crippen LogP contribution in [-0.2, 0) is 6.54 Å². The summed E-state index contributed by atoms with van der Waals surface area (Å²) in [6.07, 6.45) is 1.01. The van der Waals surface area contributed by atoms with Crippen molar-refractivity contribution in [3.05, 3.63) is 65.4 Å². The van der Waals surface area contributed by atoms with Gasteiger partial charge in [0, 0.05) is 62.1 Å². The van der Waals surface area contributed by atoms with Gasteiger partial charge < -0.3 is 15.0 Å². The van der Waals surface area contributed by atoms with E-state index in [2.05, 4.69) is 30.1 Å². The summed E-state index contributed by atoms with van der Waals surface area (Å²) in [6, 6.07) is 7.72. The first kappa shape index (κ1) is 27.0. The highest BCUT2D eigenvalue weighted by Crippen LogP contribution is 2.30. The molecule has 0 aliphatic carbocycles. The van der Waals surface area contributed by atoms with E-state index >= 15 is 0 Å². The molecule has 39 heavy (non-hydrogen) atoms. The molecular weight excluding hydrogens is 507 g/mol. The lowest BCUT2D eigenvalue weighted by Crippen LogP contribution is -2.46. The van der Waals surface area contributed by atoms with Gasteiger partial charge in [0.15, 0.2) is 11.6 Å². The number of halogens is 3. The monoisotopic (exact) mass is 539 g/mol. The summed E-state index contributed by atoms with van der Waals surface area (Å²) in [6.45, 7) is 10.3. The number of aromatic nitrogens is 4. The molecule has 0 saturated carbocycles. The van der Waals surface area contributed by atoms with Gasteiger partial charge in [-0.1, -0.05) is 6.07 Å². The number of rotatable bonds is 8. The second-order valence-corrected chi connectivity index (χ2v) is 10.1. The third-order valence-corrected chi connectivity index (χ3v) is 7.04. The number of benzene rings is 2. The maximum Gasteiger partial charge on any atom is 0.227 e. The molecule has 4 aromatic rings. The first-order chi connectivity index (χ1) is 18.7. The summed E-state index contributed by atoms with van der Waals surface area (Å²) in [7, 11) is 0. The Morgan fingerprint density at radius 1 is 0.949 bits per heavy atom. The molecule has 0 amide bonds. The number of hydrogen-bond acceptors (Lipinski definition) is 7. The number of β-amino-alcohol motifs (C(OH)–C–C–N with tert-alkyl or cyclic N) is 1. The van der Waals surface area contributed by atoms with Gasteiger partial charge in [-0.15, -0.1) is 0 Å². The van der Waals surface area contributed by atoms with Crippen molar-refractivity contribution in [2.45, 2.75) is 33.4 Å². The van der Waals surface area contributed by atoms with E-state index in [-0.39, 0.29) is 41.2 Å². The Labute approximate surface area is 225 Å². The number of nitrogens with one attached hydrogen (secondary N) is 1. The average Bonchev–Trinajstić information content (AvgIpc) is 3.24. The van der Waals surface area contributed by atoms with Crippen LogP contribution in [0.1, 0.15) is 31.3 Å². The number of aliphatic hydroxyl groups is 1. The van der Waals surface area contributed by atoms with E-state index in [0.717, 1.165) is 32.4 Å². The molecule has 0 atom stereocenters. The van der Waals surface area contributed by atoms with Crippen molar-refractivity contribution < 1.29 is 18.3 Å². The summed E-state index contributed by atoms with van der Waals surface area (Å²) in [5.74, 6) is -0.911. The van der Waals surface area contributed by atoms with Crippen LogP contribution in [0.2, 0.25) is 0 Å². The van der Waals surface area contributed by atoms with Crippen molar-refractivity contribution in [1.82, 2.24) is 29.3 Å². The molecule has 0 bridgehead atoms. The molecule has 206 valence electrons. The molecule has 2 aromatic carbocycles. The smallest absolute Gasteiger partial charge is 0.227 e. The van der Waals surface area contributed by atoms with Gasteiger partial charge in [0.25, 0.3) is 0 Å². The molecule has 11 heteroatoms. The summed E-state index contributed by atoms with van der Waals surface area (Å²) < 4.78 is 46.6. The standard InChI is InChI=1S/C28H32F3N7O/c1-17(2)38-18(3)33-27-23(30)12-20(13-25(27)38)26-24(31)15-32-28(35-26)34-21-5-4-19(22(29)14-21)16-37-8-6-36(7-9-37)10-11-39/h4-5,12-15,17,39H,6-11,16H2,1-3H3,(H,32,34,35). The van der Waals surface area contributed by atoms with Crippen LogP contribution in [0.4, 0.5) is 24.8 Å². The molecule has 3 heterocycles. The van der Waals surface area contributed by atoms with Crippen molar-refractivity contribution in [1.29, 1.82) is 0 Å². The van der Waals surface area contributed by atoms with Crippen LogP contribution in [0.3, 0.4) is 0 Å². The van der Waals surface area contributed by atoms with Gasteiger partial charge in [-0.05, 0) is 45.0 Å². The molecule has 8 nitrogen and oxygen atoms in total. The molecule has 1 aliphatic heterocycles. The normalized spacial score (nSPS) is 15.0. The SMILES string of the molecule is Cc1nc2c(F)cc(-c3nc(Nc4ccc(CN5CCN(CCO)CC5)c(F)c4)ncc3F)cc2n1C(C)C. The van der Waals surface area contributed by atoms with Gasteiger partial charge in [-0.2, -0.15) is 0 Å². The van der Waals surface area contributed by atoms with Crippen molar-refractivity contribution >= 4 is 22.7 Å². The minimum atomic E-state index is -0.702. The van der Waals surface area contributed by atoms with Crippen molar-refractivity contribution in [2.75, 3.05) is 44.6 Å². The molecule has 1 saturated heterocycles. The molecule has 0 unspecified atom stereocenters. The zero-order valence-corrected chi connectivity index (χ0v) is 22.3. The lowest BCUT2D eigenvalue weighted by molar-refractivity contribution is 0.108. The van der Waals surface area contributed by atoms with Crippen molar-refractivity contribution in [3.63, 3.8) is 0 Å². The fraction of sp³-hybridized carbons (Fsp3) is 0.393. The summed E-state index contributed by atoms with van der Waals surface area (Å²) >= 11 is 0. The number of piperazine rings is 1. The lowest BCUT2D eigenvalue weighted by Gasteiger charge is -2.34. The Hall–Kier alpha value is -3.54. The lowest BCUT2D eigenvalue weighted by atomic mass is 10.1. The van der Waals surface area contributed by atoms with Crippen LogP contribution in [0.25, 0.3) is 22.3 Å². The van der Waals surface area contributed by atoms with Gasteiger partial charge in [0.2, 0.25) is 5.95 Å². The largest absolute Gasteiger partial charge is 0.395 e. The predicted octanol–water partition coefficient (Wildman–Crippen LogP) is 4.65. The zero-order valence-electron chi connectivity index (χ0n) is 22.3. The van der Waals surface area contributed by atoms with Gasteiger partial charge >= 0.3 is 0 Å². The molecule has 0 radical (unpaired) electrons. The second-order valence-electron chi connectivity index (χ2n) is 10.1. The second kappa shape index (κ2) is 11.3. The Balaban J connectivity index is 1.35. The zero-order chi connectivity index (χ0) is 27.7. The predicted molar refractivity (Wildman–Crippen MR) is 144 cm³/mol. The third-order valence-electron chi connectivity index (χ3n) is 7.04. The van der Waals surface area contributed by atoms with E-state index in [4.69, 9.17) is 5.11 Å². The van der Waals surface area contributed by atoms with E-state index in [1.54, 1.807) is 25.1 Å². The number of fused-ring (bicyclic) bond motifs is 1. The van der Waals surface area contributed by atoms with Gasteiger partial charge in [0.1, 0.15) is 22.9 Å². The maximum atomic E-state index is 15.0. The molecule has 2 aromatic heterocycles. The van der Waals surface area contributed by atoms with E-state index in [0.29, 0.717) is 35.7 Å². The van der Waals surface area contributed by atoms with Crippen LogP contribution in [0, 0.1) is 24.4 Å². The fourth-order valence-electron chi connectivity index (χ4n) is 5.12. The third kappa shape index (κ3) is 5.75. The number of imidazole rings is 1. The van der Waals surface area contributed by atoms with Crippen LogP contribution in [0.5, 0.6) is 0 Å². The van der Waals surface area contributed by atoms with E-state index in [1.165, 1.54) is 12.1 Å². The maximum absolute atomic E-state index is 15.0. The number of aliphatic hydroxyl groups excluding tert-OH is 1. The van der Waals surface area contributed by atoms with Crippen molar-refractivity contribution in [2.24, 2.45) is 0 Å². The van der Waals surface area contributed by atoms with Gasteiger partial charge in [0.05, 0.1) is 18.3 Å². The first-order valence-electron chi connectivity index (χ1n) is 13.1. The van der Waals surface area contributed by atoms with E-state index < -0.39 is 11.6 Å². The summed E-state index contributed by atoms with van der Waals surface area (Å²) in [5.41, 5.74) is 1.94. The summed E-state index contributed by atoms with van der Waals surface area (Å²) in [5, 5.41) is 12.0. The molecular formula is C28H32F3N7O. The number of hydrogen-bond donors (Lipinski definition) is 2. The minimum absolute atomic E-state index is 0.0332. The quantitative estimate of drug-likeness (QED) is 0.337. The molecule has 1 fully saturated rings. The van der Waals surface area contributed by atoms with E-state index in [9.17, 15) is 13.2 Å². The average molecular weight is 540 g/mol. The molecule has 5 rings (SSSR count). The van der Waals surface area contributed by atoms with E-state index in [1.807, 2.05) is 18.4 Å². The highest BCUT2D eigenvalue weighted by atomic mass is 19.1. The van der Waals surface area contributed by atoms with Crippen LogP contribution < -0.4 is 5.32 Å².